The monoisotopic (exact) mass is 239 g/mol. The zero-order valence-electron chi connectivity index (χ0n) is 10.2. The van der Waals surface area contributed by atoms with Gasteiger partial charge in [-0.25, -0.2) is 4.98 Å². The van der Waals surface area contributed by atoms with Crippen molar-refractivity contribution in [3.63, 3.8) is 0 Å². The van der Waals surface area contributed by atoms with Crippen molar-refractivity contribution in [1.29, 1.82) is 0 Å². The highest BCUT2D eigenvalue weighted by atomic mass is 16.4. The highest BCUT2D eigenvalue weighted by Gasteiger charge is 2.29. The number of carboxylic acid groups (broad SMARTS) is 1. The van der Waals surface area contributed by atoms with Gasteiger partial charge in [0.05, 0.1) is 12.0 Å². The minimum Gasteiger partial charge on any atom is -0.481 e. The predicted molar refractivity (Wildman–Crippen MR) is 61.1 cm³/mol. The molecular weight excluding hydrogens is 222 g/mol. The summed E-state index contributed by atoms with van der Waals surface area (Å²) in [6.45, 7) is 3.35. The number of hydrogen-bond donors (Lipinski definition) is 2. The second-order valence-electron chi connectivity index (χ2n) is 4.60. The lowest BCUT2D eigenvalue weighted by Gasteiger charge is -2.18. The number of amides is 1. The normalized spacial score (nSPS) is 11.2. The number of nitrogens with one attached hydrogen (secondary N) is 1. The Hall–Kier alpha value is -1.85. The van der Waals surface area contributed by atoms with Gasteiger partial charge in [-0.15, -0.1) is 0 Å². The van der Waals surface area contributed by atoms with Crippen LogP contribution in [0.2, 0.25) is 0 Å². The van der Waals surface area contributed by atoms with Crippen molar-refractivity contribution in [2.24, 2.45) is 12.5 Å². The lowest BCUT2D eigenvalue weighted by Crippen LogP contribution is -2.33. The fourth-order valence-corrected chi connectivity index (χ4v) is 1.28. The summed E-state index contributed by atoms with van der Waals surface area (Å²) in [4.78, 5) is 26.5. The van der Waals surface area contributed by atoms with Crippen molar-refractivity contribution in [3.05, 3.63) is 18.2 Å². The molecule has 1 heterocycles. The predicted octanol–water partition coefficient (Wildman–Crippen LogP) is 0.537. The number of aliphatic carboxylic acids is 1. The fourth-order valence-electron chi connectivity index (χ4n) is 1.28. The van der Waals surface area contributed by atoms with Crippen LogP contribution in [-0.4, -0.2) is 26.5 Å². The number of aryl methyl sites for hydroxylation is 1. The van der Waals surface area contributed by atoms with Gasteiger partial charge in [-0.2, -0.15) is 0 Å². The van der Waals surface area contributed by atoms with E-state index < -0.39 is 11.4 Å². The Balaban J connectivity index is 2.46. The van der Waals surface area contributed by atoms with Crippen molar-refractivity contribution in [3.8, 4) is 0 Å². The van der Waals surface area contributed by atoms with Gasteiger partial charge in [0.1, 0.15) is 5.82 Å². The Morgan fingerprint density at radius 2 is 2.18 bits per heavy atom. The number of aromatic nitrogens is 2. The summed E-state index contributed by atoms with van der Waals surface area (Å²) >= 11 is 0. The van der Waals surface area contributed by atoms with E-state index in [-0.39, 0.29) is 12.3 Å². The minimum atomic E-state index is -1.05. The van der Waals surface area contributed by atoms with Gasteiger partial charge in [0, 0.05) is 25.9 Å². The maximum atomic E-state index is 11.6. The van der Waals surface area contributed by atoms with Crippen molar-refractivity contribution in [2.45, 2.75) is 26.8 Å². The SMILES string of the molecule is Cn1ccnc1CNC(=O)CC(C)(C)C(=O)O. The molecule has 0 aliphatic carbocycles. The minimum absolute atomic E-state index is 0.0489. The topological polar surface area (TPSA) is 84.2 Å². The number of carbonyl (C=O) groups excluding carboxylic acids is 1. The van der Waals surface area contributed by atoms with Gasteiger partial charge in [-0.1, -0.05) is 0 Å². The fraction of sp³-hybridized carbons (Fsp3) is 0.545. The number of carboxylic acids is 1. The Kier molecular flexibility index (Phi) is 3.88. The van der Waals surface area contributed by atoms with Gasteiger partial charge in [0.25, 0.3) is 0 Å². The molecule has 6 heteroatoms. The molecule has 0 saturated heterocycles. The molecule has 2 N–H and O–H groups in total. The van der Waals surface area contributed by atoms with Crippen molar-refractivity contribution in [1.82, 2.24) is 14.9 Å². The first kappa shape index (κ1) is 13.2. The summed E-state index contributed by atoms with van der Waals surface area (Å²) in [6, 6.07) is 0. The van der Waals surface area contributed by atoms with Gasteiger partial charge in [-0.05, 0) is 13.8 Å². The molecule has 0 saturated carbocycles. The van der Waals surface area contributed by atoms with Crippen LogP contribution in [0.3, 0.4) is 0 Å². The van der Waals surface area contributed by atoms with Crippen molar-refractivity contribution < 1.29 is 14.7 Å². The molecule has 0 unspecified atom stereocenters. The molecule has 1 aromatic rings. The molecule has 6 nitrogen and oxygen atoms in total. The summed E-state index contributed by atoms with van der Waals surface area (Å²) in [5.41, 5.74) is -1.05. The van der Waals surface area contributed by atoms with Crippen molar-refractivity contribution in [2.75, 3.05) is 0 Å². The smallest absolute Gasteiger partial charge is 0.309 e. The quantitative estimate of drug-likeness (QED) is 0.785. The van der Waals surface area contributed by atoms with Gasteiger partial charge in [0.2, 0.25) is 5.91 Å². The van der Waals surface area contributed by atoms with Crippen LogP contribution in [0.15, 0.2) is 12.4 Å². The van der Waals surface area contributed by atoms with E-state index in [1.165, 1.54) is 13.8 Å². The van der Waals surface area contributed by atoms with E-state index in [2.05, 4.69) is 10.3 Å². The first-order valence-corrected chi connectivity index (χ1v) is 5.29. The maximum Gasteiger partial charge on any atom is 0.309 e. The highest BCUT2D eigenvalue weighted by Crippen LogP contribution is 2.19. The van der Waals surface area contributed by atoms with E-state index in [4.69, 9.17) is 5.11 Å². The lowest BCUT2D eigenvalue weighted by atomic mass is 9.89. The van der Waals surface area contributed by atoms with Gasteiger partial charge in [0.15, 0.2) is 0 Å². The lowest BCUT2D eigenvalue weighted by molar-refractivity contribution is -0.149. The second kappa shape index (κ2) is 4.99. The van der Waals surface area contributed by atoms with E-state index >= 15 is 0 Å². The van der Waals surface area contributed by atoms with Crippen LogP contribution >= 0.6 is 0 Å². The third kappa shape index (κ3) is 3.58. The van der Waals surface area contributed by atoms with Crippen LogP contribution < -0.4 is 5.32 Å². The molecule has 94 valence electrons. The van der Waals surface area contributed by atoms with Crippen LogP contribution in [0.25, 0.3) is 0 Å². The average Bonchev–Trinajstić information content (AvgIpc) is 2.60. The summed E-state index contributed by atoms with van der Waals surface area (Å²) in [5, 5.41) is 11.5. The van der Waals surface area contributed by atoms with Crippen LogP contribution in [0.4, 0.5) is 0 Å². The molecule has 1 amide bonds. The average molecular weight is 239 g/mol. The molecule has 0 aliphatic heterocycles. The Morgan fingerprint density at radius 1 is 1.53 bits per heavy atom. The van der Waals surface area contributed by atoms with Crippen LogP contribution in [0.5, 0.6) is 0 Å². The largest absolute Gasteiger partial charge is 0.481 e. The van der Waals surface area contributed by atoms with Crippen LogP contribution in [0.1, 0.15) is 26.1 Å². The Bertz CT molecular complexity index is 423. The molecule has 0 fully saturated rings. The Labute approximate surface area is 99.7 Å². The van der Waals surface area contributed by atoms with Crippen LogP contribution in [-0.2, 0) is 23.2 Å². The number of nitrogens with zero attached hydrogens (tertiary/aromatic N) is 2. The molecule has 1 rings (SSSR count). The standard InChI is InChI=1S/C11H17N3O3/c1-11(2,10(16)17)6-9(15)13-7-8-12-4-5-14(8)3/h4-5H,6-7H2,1-3H3,(H,13,15)(H,16,17). The molecule has 0 spiro atoms. The molecule has 0 aliphatic rings. The summed E-state index contributed by atoms with van der Waals surface area (Å²) < 4.78 is 1.79. The molecule has 17 heavy (non-hydrogen) atoms. The van der Waals surface area contributed by atoms with Gasteiger partial charge < -0.3 is 15.0 Å². The maximum absolute atomic E-state index is 11.6. The highest BCUT2D eigenvalue weighted by molar-refractivity contribution is 5.84. The van der Waals surface area contributed by atoms with E-state index in [1.807, 2.05) is 7.05 Å². The first-order chi connectivity index (χ1) is 7.83. The molecule has 0 atom stereocenters. The van der Waals surface area contributed by atoms with Gasteiger partial charge in [-0.3, -0.25) is 9.59 Å². The summed E-state index contributed by atoms with van der Waals surface area (Å²) in [7, 11) is 1.83. The zero-order valence-corrected chi connectivity index (χ0v) is 10.2. The molecule has 0 radical (unpaired) electrons. The number of carbonyl (C=O) groups is 2. The van der Waals surface area contributed by atoms with Crippen LogP contribution in [0, 0.1) is 5.41 Å². The summed E-state index contributed by atoms with van der Waals surface area (Å²) in [6.07, 6.45) is 3.37. The summed E-state index contributed by atoms with van der Waals surface area (Å²) in [5.74, 6) is -0.545. The number of hydrogen-bond acceptors (Lipinski definition) is 3. The molecule has 1 aromatic heterocycles. The molecule has 0 aromatic carbocycles. The van der Waals surface area contributed by atoms with E-state index in [0.29, 0.717) is 6.54 Å². The van der Waals surface area contributed by atoms with E-state index in [0.717, 1.165) is 5.82 Å². The second-order valence-corrected chi connectivity index (χ2v) is 4.60. The molecular formula is C11H17N3O3. The zero-order chi connectivity index (χ0) is 13.1. The Morgan fingerprint density at radius 3 is 2.65 bits per heavy atom. The number of rotatable bonds is 5. The number of imidazole rings is 1. The van der Waals surface area contributed by atoms with Gasteiger partial charge >= 0.3 is 5.97 Å². The molecule has 0 bridgehead atoms. The van der Waals surface area contributed by atoms with E-state index in [9.17, 15) is 9.59 Å². The third-order valence-corrected chi connectivity index (χ3v) is 2.55. The van der Waals surface area contributed by atoms with Crippen molar-refractivity contribution >= 4 is 11.9 Å². The van der Waals surface area contributed by atoms with E-state index in [1.54, 1.807) is 17.0 Å². The first-order valence-electron chi connectivity index (χ1n) is 5.29. The third-order valence-electron chi connectivity index (χ3n) is 2.55.